The van der Waals surface area contributed by atoms with E-state index in [0.29, 0.717) is 16.5 Å². The van der Waals surface area contributed by atoms with E-state index in [1.807, 2.05) is 13.0 Å². The average molecular weight is 298 g/mol. The first kappa shape index (κ1) is 14.3. The SMILES string of the molecule is Cc1cc(F)ccc1C(N)Cc1cc(Cl)ccc1Cl. The molecule has 2 N–H and O–H groups in total. The van der Waals surface area contributed by atoms with Crippen molar-refractivity contribution in [1.29, 1.82) is 0 Å². The second kappa shape index (κ2) is 5.91. The summed E-state index contributed by atoms with van der Waals surface area (Å²) in [5, 5.41) is 1.27. The minimum Gasteiger partial charge on any atom is -0.324 e. The molecule has 4 heteroatoms. The molecule has 100 valence electrons. The van der Waals surface area contributed by atoms with Gasteiger partial charge in [0.2, 0.25) is 0 Å². The molecule has 0 aliphatic rings. The van der Waals surface area contributed by atoms with E-state index >= 15 is 0 Å². The summed E-state index contributed by atoms with van der Waals surface area (Å²) in [6.45, 7) is 1.85. The smallest absolute Gasteiger partial charge is 0.123 e. The Hall–Kier alpha value is -1.09. The Bertz CT molecular complexity index is 599. The molecule has 0 bridgehead atoms. The number of hydrogen-bond acceptors (Lipinski definition) is 1. The molecule has 0 aliphatic heterocycles. The summed E-state index contributed by atoms with van der Waals surface area (Å²) in [5.74, 6) is -0.255. The molecule has 19 heavy (non-hydrogen) atoms. The van der Waals surface area contributed by atoms with Gasteiger partial charge in [0.1, 0.15) is 5.82 Å². The zero-order chi connectivity index (χ0) is 14.0. The molecule has 0 radical (unpaired) electrons. The van der Waals surface area contributed by atoms with Crippen LogP contribution in [0.1, 0.15) is 22.7 Å². The summed E-state index contributed by atoms with van der Waals surface area (Å²) in [4.78, 5) is 0. The van der Waals surface area contributed by atoms with Crippen LogP contribution in [0.15, 0.2) is 36.4 Å². The van der Waals surface area contributed by atoms with Crippen LogP contribution in [0, 0.1) is 12.7 Å². The van der Waals surface area contributed by atoms with E-state index < -0.39 is 0 Å². The molecular weight excluding hydrogens is 284 g/mol. The van der Waals surface area contributed by atoms with Gasteiger partial charge in [0.15, 0.2) is 0 Å². The van der Waals surface area contributed by atoms with Crippen molar-refractivity contribution in [2.75, 3.05) is 0 Å². The number of nitrogens with two attached hydrogens (primary N) is 1. The predicted octanol–water partition coefficient (Wildman–Crippen LogP) is 4.68. The van der Waals surface area contributed by atoms with Crippen molar-refractivity contribution in [2.45, 2.75) is 19.4 Å². The maximum Gasteiger partial charge on any atom is 0.123 e. The molecule has 0 aromatic heterocycles. The maximum absolute atomic E-state index is 13.1. The van der Waals surface area contributed by atoms with E-state index in [9.17, 15) is 4.39 Å². The van der Waals surface area contributed by atoms with Crippen LogP contribution in [0.2, 0.25) is 10.0 Å². The van der Waals surface area contributed by atoms with Crippen molar-refractivity contribution >= 4 is 23.2 Å². The summed E-state index contributed by atoms with van der Waals surface area (Å²) < 4.78 is 13.1. The molecule has 0 heterocycles. The van der Waals surface area contributed by atoms with Crippen molar-refractivity contribution in [2.24, 2.45) is 5.73 Å². The largest absolute Gasteiger partial charge is 0.324 e. The van der Waals surface area contributed by atoms with Crippen LogP contribution < -0.4 is 5.73 Å². The summed E-state index contributed by atoms with van der Waals surface area (Å²) in [6.07, 6.45) is 0.561. The van der Waals surface area contributed by atoms with E-state index in [0.717, 1.165) is 16.7 Å². The number of hydrogen-bond donors (Lipinski definition) is 1. The standard InChI is InChI=1S/C15H14Cl2FN/c1-9-6-12(18)3-4-13(9)15(19)8-10-7-11(16)2-5-14(10)17/h2-7,15H,8,19H2,1H3. The Morgan fingerprint density at radius 2 is 1.89 bits per heavy atom. The highest BCUT2D eigenvalue weighted by Crippen LogP contribution is 2.26. The third-order valence-electron chi connectivity index (χ3n) is 3.08. The van der Waals surface area contributed by atoms with E-state index in [-0.39, 0.29) is 11.9 Å². The molecular formula is C15H14Cl2FN. The van der Waals surface area contributed by atoms with E-state index in [1.54, 1.807) is 18.2 Å². The normalized spacial score (nSPS) is 12.5. The van der Waals surface area contributed by atoms with Gasteiger partial charge in [0.05, 0.1) is 0 Å². The van der Waals surface area contributed by atoms with E-state index in [4.69, 9.17) is 28.9 Å². The molecule has 2 aromatic rings. The topological polar surface area (TPSA) is 26.0 Å². The van der Waals surface area contributed by atoms with Crippen molar-refractivity contribution in [1.82, 2.24) is 0 Å². The lowest BCUT2D eigenvalue weighted by atomic mass is 9.96. The minimum absolute atomic E-state index is 0.239. The Morgan fingerprint density at radius 3 is 2.58 bits per heavy atom. The Kier molecular flexibility index (Phi) is 4.46. The van der Waals surface area contributed by atoms with Crippen LogP contribution in [0.5, 0.6) is 0 Å². The third kappa shape index (κ3) is 3.47. The predicted molar refractivity (Wildman–Crippen MR) is 78.2 cm³/mol. The molecule has 0 amide bonds. The van der Waals surface area contributed by atoms with Gasteiger partial charge in [0, 0.05) is 16.1 Å². The summed E-state index contributed by atoms with van der Waals surface area (Å²) in [6, 6.07) is 9.68. The van der Waals surface area contributed by atoms with Crippen molar-refractivity contribution in [3.63, 3.8) is 0 Å². The molecule has 2 rings (SSSR count). The van der Waals surface area contributed by atoms with Crippen molar-refractivity contribution < 1.29 is 4.39 Å². The number of halogens is 3. The van der Waals surface area contributed by atoms with Gasteiger partial charge in [-0.2, -0.15) is 0 Å². The molecule has 0 saturated carbocycles. The van der Waals surface area contributed by atoms with Gasteiger partial charge in [-0.25, -0.2) is 4.39 Å². The lowest BCUT2D eigenvalue weighted by molar-refractivity contribution is 0.622. The first-order valence-corrected chi connectivity index (χ1v) is 6.68. The number of aryl methyl sites for hydroxylation is 1. The van der Waals surface area contributed by atoms with Crippen LogP contribution in [0.25, 0.3) is 0 Å². The van der Waals surface area contributed by atoms with Gasteiger partial charge in [-0.1, -0.05) is 29.3 Å². The molecule has 0 aliphatic carbocycles. The Balaban J connectivity index is 2.25. The summed E-state index contributed by atoms with van der Waals surface area (Å²) in [7, 11) is 0. The van der Waals surface area contributed by atoms with Crippen LogP contribution in [-0.4, -0.2) is 0 Å². The fourth-order valence-electron chi connectivity index (χ4n) is 2.10. The van der Waals surface area contributed by atoms with Crippen molar-refractivity contribution in [3.8, 4) is 0 Å². The first-order valence-electron chi connectivity index (χ1n) is 5.93. The van der Waals surface area contributed by atoms with Gasteiger partial charge in [-0.3, -0.25) is 0 Å². The molecule has 1 atom stereocenters. The zero-order valence-electron chi connectivity index (χ0n) is 10.5. The molecule has 0 saturated heterocycles. The molecule has 1 nitrogen and oxygen atoms in total. The molecule has 0 spiro atoms. The molecule has 0 fully saturated rings. The fourth-order valence-corrected chi connectivity index (χ4v) is 2.49. The zero-order valence-corrected chi connectivity index (χ0v) is 12.0. The van der Waals surface area contributed by atoms with Gasteiger partial charge in [-0.05, 0) is 60.4 Å². The van der Waals surface area contributed by atoms with Gasteiger partial charge < -0.3 is 5.73 Å². The second-order valence-corrected chi connectivity index (χ2v) is 5.39. The number of benzene rings is 2. The van der Waals surface area contributed by atoms with Crippen LogP contribution in [-0.2, 0) is 6.42 Å². The molecule has 2 aromatic carbocycles. The van der Waals surface area contributed by atoms with E-state index in [2.05, 4.69) is 0 Å². The van der Waals surface area contributed by atoms with Gasteiger partial charge >= 0.3 is 0 Å². The molecule has 1 unspecified atom stereocenters. The highest BCUT2D eigenvalue weighted by Gasteiger charge is 2.12. The quantitative estimate of drug-likeness (QED) is 0.874. The van der Waals surface area contributed by atoms with Crippen LogP contribution >= 0.6 is 23.2 Å². The van der Waals surface area contributed by atoms with Crippen molar-refractivity contribution in [3.05, 3.63) is 69.0 Å². The first-order chi connectivity index (χ1) is 8.97. The lowest BCUT2D eigenvalue weighted by Gasteiger charge is -2.16. The minimum atomic E-state index is -0.255. The Morgan fingerprint density at radius 1 is 1.16 bits per heavy atom. The van der Waals surface area contributed by atoms with Crippen LogP contribution in [0.3, 0.4) is 0 Å². The summed E-state index contributed by atoms with van der Waals surface area (Å²) >= 11 is 12.1. The monoisotopic (exact) mass is 297 g/mol. The average Bonchev–Trinajstić information content (AvgIpc) is 2.33. The maximum atomic E-state index is 13.1. The van der Waals surface area contributed by atoms with E-state index in [1.165, 1.54) is 12.1 Å². The third-order valence-corrected chi connectivity index (χ3v) is 3.68. The lowest BCUT2D eigenvalue weighted by Crippen LogP contribution is -2.15. The highest BCUT2D eigenvalue weighted by molar-refractivity contribution is 6.33. The van der Waals surface area contributed by atoms with Gasteiger partial charge in [-0.15, -0.1) is 0 Å². The number of rotatable bonds is 3. The highest BCUT2D eigenvalue weighted by atomic mass is 35.5. The second-order valence-electron chi connectivity index (χ2n) is 4.55. The summed E-state index contributed by atoms with van der Waals surface area (Å²) in [5.41, 5.74) is 8.82. The van der Waals surface area contributed by atoms with Crippen LogP contribution in [0.4, 0.5) is 4.39 Å². The Labute approximate surface area is 122 Å². The fraction of sp³-hybridized carbons (Fsp3) is 0.200. The van der Waals surface area contributed by atoms with Gasteiger partial charge in [0.25, 0.3) is 0 Å².